The average Bonchev–Trinajstić information content (AvgIpc) is 2.29. The Bertz CT molecular complexity index is 394. The van der Waals surface area contributed by atoms with Crippen molar-refractivity contribution >= 4 is 17.6 Å². The van der Waals surface area contributed by atoms with Crippen LogP contribution in [0.25, 0.3) is 0 Å². The fourth-order valence-corrected chi connectivity index (χ4v) is 2.32. The lowest BCUT2D eigenvalue weighted by atomic mass is 9.93. The first-order valence-electron chi connectivity index (χ1n) is 5.41. The minimum atomic E-state index is -0.772. The van der Waals surface area contributed by atoms with E-state index in [4.69, 9.17) is 16.7 Å². The minimum absolute atomic E-state index is 0.105. The Morgan fingerprint density at radius 3 is 2.94 bits per heavy atom. The predicted molar refractivity (Wildman–Crippen MR) is 62.6 cm³/mol. The van der Waals surface area contributed by atoms with Crippen LogP contribution in [0, 0.1) is 0 Å². The van der Waals surface area contributed by atoms with Crippen LogP contribution < -0.4 is 5.32 Å². The molecule has 0 amide bonds. The van der Waals surface area contributed by atoms with Gasteiger partial charge >= 0.3 is 5.97 Å². The van der Waals surface area contributed by atoms with Gasteiger partial charge in [-0.05, 0) is 37.0 Å². The number of carbonyl (C=O) groups is 1. The van der Waals surface area contributed by atoms with E-state index < -0.39 is 12.0 Å². The quantitative estimate of drug-likeness (QED) is 0.834. The summed E-state index contributed by atoms with van der Waals surface area (Å²) in [6.45, 7) is 0. The van der Waals surface area contributed by atoms with Gasteiger partial charge in [-0.1, -0.05) is 23.7 Å². The van der Waals surface area contributed by atoms with Crippen molar-refractivity contribution in [1.82, 2.24) is 5.32 Å². The summed E-state index contributed by atoms with van der Waals surface area (Å²) in [5, 5.41) is 12.8. The summed E-state index contributed by atoms with van der Waals surface area (Å²) in [6.07, 6.45) is 2.59. The molecular formula is C12H14ClNO2. The normalized spacial score (nSPS) is 25.3. The molecule has 1 saturated heterocycles. The Balaban J connectivity index is 2.12. The molecule has 0 spiro atoms. The molecule has 2 rings (SSSR count). The molecule has 4 heteroatoms. The van der Waals surface area contributed by atoms with Crippen molar-refractivity contribution in [3.05, 3.63) is 34.9 Å². The predicted octanol–water partition coefficient (Wildman–Crippen LogP) is 2.61. The van der Waals surface area contributed by atoms with Gasteiger partial charge in [-0.25, -0.2) is 0 Å². The lowest BCUT2D eigenvalue weighted by molar-refractivity contribution is -0.140. The molecule has 2 N–H and O–H groups in total. The number of aliphatic carboxylic acids is 1. The maximum Gasteiger partial charge on any atom is 0.320 e. The number of hydrogen-bond acceptors (Lipinski definition) is 2. The molecule has 1 heterocycles. The third-order valence-corrected chi connectivity index (χ3v) is 3.17. The molecule has 1 aromatic carbocycles. The minimum Gasteiger partial charge on any atom is -0.480 e. The highest BCUT2D eigenvalue weighted by Gasteiger charge is 2.26. The van der Waals surface area contributed by atoms with E-state index in [1.165, 1.54) is 0 Å². The van der Waals surface area contributed by atoms with Crippen LogP contribution in [-0.4, -0.2) is 17.1 Å². The van der Waals surface area contributed by atoms with Crippen LogP contribution in [0.4, 0.5) is 0 Å². The van der Waals surface area contributed by atoms with E-state index in [0.29, 0.717) is 11.4 Å². The number of hydrogen-bond donors (Lipinski definition) is 2. The van der Waals surface area contributed by atoms with Crippen molar-refractivity contribution in [1.29, 1.82) is 0 Å². The van der Waals surface area contributed by atoms with Crippen molar-refractivity contribution in [2.45, 2.75) is 31.3 Å². The summed E-state index contributed by atoms with van der Waals surface area (Å²) in [5.74, 6) is -0.772. The molecule has 0 aromatic heterocycles. The number of carboxylic acid groups (broad SMARTS) is 1. The van der Waals surface area contributed by atoms with Gasteiger partial charge in [-0.15, -0.1) is 0 Å². The Kier molecular flexibility index (Phi) is 3.46. The number of halogens is 1. The van der Waals surface area contributed by atoms with Gasteiger partial charge in [0.1, 0.15) is 6.04 Å². The first-order chi connectivity index (χ1) is 7.66. The zero-order chi connectivity index (χ0) is 11.5. The van der Waals surface area contributed by atoms with Crippen LogP contribution in [0.15, 0.2) is 24.3 Å². The summed E-state index contributed by atoms with van der Waals surface area (Å²) < 4.78 is 0. The number of nitrogens with one attached hydrogen (secondary N) is 1. The molecule has 16 heavy (non-hydrogen) atoms. The zero-order valence-electron chi connectivity index (χ0n) is 8.82. The molecule has 3 nitrogen and oxygen atoms in total. The molecule has 1 aromatic rings. The number of benzene rings is 1. The van der Waals surface area contributed by atoms with E-state index in [1.807, 2.05) is 24.3 Å². The Hall–Kier alpha value is -1.06. The second-order valence-electron chi connectivity index (χ2n) is 4.10. The van der Waals surface area contributed by atoms with E-state index in [-0.39, 0.29) is 6.04 Å². The van der Waals surface area contributed by atoms with E-state index >= 15 is 0 Å². The molecule has 0 aliphatic carbocycles. The summed E-state index contributed by atoms with van der Waals surface area (Å²) in [7, 11) is 0. The van der Waals surface area contributed by atoms with Crippen LogP contribution >= 0.6 is 11.6 Å². The number of rotatable bonds is 2. The van der Waals surface area contributed by atoms with Crippen LogP contribution in [-0.2, 0) is 4.79 Å². The standard InChI is InChI=1S/C12H14ClNO2/c13-9-4-1-3-8(7-9)10-5-2-6-11(14-10)12(15)16/h1,3-4,7,10-11,14H,2,5-6H2,(H,15,16). The van der Waals surface area contributed by atoms with Gasteiger partial charge in [0, 0.05) is 11.1 Å². The van der Waals surface area contributed by atoms with Crippen LogP contribution in [0.3, 0.4) is 0 Å². The average molecular weight is 240 g/mol. The van der Waals surface area contributed by atoms with E-state index in [2.05, 4.69) is 5.32 Å². The molecule has 1 aliphatic heterocycles. The monoisotopic (exact) mass is 239 g/mol. The van der Waals surface area contributed by atoms with Crippen LogP contribution in [0.2, 0.25) is 5.02 Å². The third kappa shape index (κ3) is 2.54. The van der Waals surface area contributed by atoms with Crippen LogP contribution in [0.1, 0.15) is 30.9 Å². The maximum atomic E-state index is 10.9. The molecule has 0 saturated carbocycles. The highest BCUT2D eigenvalue weighted by Crippen LogP contribution is 2.27. The van der Waals surface area contributed by atoms with E-state index in [9.17, 15) is 4.79 Å². The highest BCUT2D eigenvalue weighted by molar-refractivity contribution is 6.30. The van der Waals surface area contributed by atoms with Gasteiger partial charge in [0.2, 0.25) is 0 Å². The molecule has 0 bridgehead atoms. The highest BCUT2D eigenvalue weighted by atomic mass is 35.5. The fraction of sp³-hybridized carbons (Fsp3) is 0.417. The van der Waals surface area contributed by atoms with Crippen molar-refractivity contribution in [2.24, 2.45) is 0 Å². The molecule has 1 aliphatic rings. The lowest BCUT2D eigenvalue weighted by Crippen LogP contribution is -2.42. The van der Waals surface area contributed by atoms with Crippen LogP contribution in [0.5, 0.6) is 0 Å². The first-order valence-corrected chi connectivity index (χ1v) is 5.79. The van der Waals surface area contributed by atoms with Gasteiger partial charge in [0.25, 0.3) is 0 Å². The number of carboxylic acids is 1. The molecule has 1 fully saturated rings. The number of piperidine rings is 1. The molecular weight excluding hydrogens is 226 g/mol. The zero-order valence-corrected chi connectivity index (χ0v) is 9.57. The van der Waals surface area contributed by atoms with E-state index in [1.54, 1.807) is 0 Å². The van der Waals surface area contributed by atoms with Gasteiger partial charge in [-0.2, -0.15) is 0 Å². The smallest absolute Gasteiger partial charge is 0.320 e. The topological polar surface area (TPSA) is 49.3 Å². The molecule has 2 atom stereocenters. The van der Waals surface area contributed by atoms with Gasteiger partial charge < -0.3 is 5.11 Å². The Morgan fingerprint density at radius 1 is 1.44 bits per heavy atom. The van der Waals surface area contributed by atoms with Crippen molar-refractivity contribution in [3.63, 3.8) is 0 Å². The first kappa shape index (κ1) is 11.4. The van der Waals surface area contributed by atoms with Gasteiger partial charge in [-0.3, -0.25) is 10.1 Å². The summed E-state index contributed by atoms with van der Waals surface area (Å²) in [6, 6.07) is 7.26. The van der Waals surface area contributed by atoms with E-state index in [0.717, 1.165) is 18.4 Å². The molecule has 86 valence electrons. The molecule has 2 unspecified atom stereocenters. The fourth-order valence-electron chi connectivity index (χ4n) is 2.12. The van der Waals surface area contributed by atoms with Crippen molar-refractivity contribution in [2.75, 3.05) is 0 Å². The summed E-state index contributed by atoms with van der Waals surface area (Å²) in [4.78, 5) is 10.9. The second-order valence-corrected chi connectivity index (χ2v) is 4.53. The largest absolute Gasteiger partial charge is 0.480 e. The summed E-state index contributed by atoms with van der Waals surface area (Å²) in [5.41, 5.74) is 1.07. The lowest BCUT2D eigenvalue weighted by Gasteiger charge is -2.28. The second kappa shape index (κ2) is 4.85. The third-order valence-electron chi connectivity index (χ3n) is 2.94. The molecule has 0 radical (unpaired) electrons. The summed E-state index contributed by atoms with van der Waals surface area (Å²) >= 11 is 5.92. The Morgan fingerprint density at radius 2 is 2.25 bits per heavy atom. The maximum absolute atomic E-state index is 10.9. The van der Waals surface area contributed by atoms with Crippen molar-refractivity contribution < 1.29 is 9.90 Å². The SMILES string of the molecule is O=C(O)C1CCCC(c2cccc(Cl)c2)N1. The van der Waals surface area contributed by atoms with Gasteiger partial charge in [0.15, 0.2) is 0 Å². The Labute approximate surface area is 99.4 Å². The van der Waals surface area contributed by atoms with Gasteiger partial charge in [0.05, 0.1) is 0 Å². The van der Waals surface area contributed by atoms with Crippen molar-refractivity contribution in [3.8, 4) is 0 Å².